The van der Waals surface area contributed by atoms with E-state index in [2.05, 4.69) is 41.2 Å². The summed E-state index contributed by atoms with van der Waals surface area (Å²) in [5.41, 5.74) is 0.408. The Morgan fingerprint density at radius 1 is 1.47 bits per heavy atom. The van der Waals surface area contributed by atoms with Crippen molar-refractivity contribution in [1.29, 1.82) is 5.26 Å². The topological polar surface area (TPSA) is 35.8 Å². The molecule has 0 bridgehead atoms. The molecule has 0 fully saturated rings. The molecule has 1 rings (SSSR count). The Labute approximate surface area is 129 Å². The lowest BCUT2D eigenvalue weighted by Crippen LogP contribution is -2.37. The van der Waals surface area contributed by atoms with E-state index in [4.69, 9.17) is 11.6 Å². The van der Waals surface area contributed by atoms with E-state index >= 15 is 0 Å². The second-order valence-electron chi connectivity index (χ2n) is 5.02. The number of nitriles is 1. The fraction of sp³-hybridized carbons (Fsp3) is 0.533. The van der Waals surface area contributed by atoms with Crippen LogP contribution in [0.15, 0.2) is 22.7 Å². The van der Waals surface area contributed by atoms with Crippen LogP contribution in [0.1, 0.15) is 40.0 Å². The third kappa shape index (κ3) is 4.40. The van der Waals surface area contributed by atoms with Gasteiger partial charge in [-0.05, 0) is 52.9 Å². The van der Waals surface area contributed by atoms with Gasteiger partial charge in [-0.1, -0.05) is 38.8 Å². The van der Waals surface area contributed by atoms with E-state index in [1.54, 1.807) is 0 Å². The van der Waals surface area contributed by atoms with Gasteiger partial charge in [0.2, 0.25) is 0 Å². The van der Waals surface area contributed by atoms with E-state index in [1.165, 1.54) is 0 Å². The zero-order chi connectivity index (χ0) is 14.5. The van der Waals surface area contributed by atoms with Crippen molar-refractivity contribution in [3.8, 4) is 6.07 Å². The molecular formula is C15H20BrClN2. The van der Waals surface area contributed by atoms with Gasteiger partial charge in [0.1, 0.15) is 5.54 Å². The van der Waals surface area contributed by atoms with E-state index in [-0.39, 0.29) is 0 Å². The SMILES string of the molecule is CCC(C)CC(C#N)(CC)Nc1ccc(Cl)c(Br)c1. The molecule has 0 spiro atoms. The Balaban J connectivity index is 2.95. The van der Waals surface area contributed by atoms with Gasteiger partial charge < -0.3 is 5.32 Å². The summed E-state index contributed by atoms with van der Waals surface area (Å²) in [5, 5.41) is 13.6. The summed E-state index contributed by atoms with van der Waals surface area (Å²) in [6.45, 7) is 6.38. The van der Waals surface area contributed by atoms with Crippen molar-refractivity contribution in [2.45, 2.75) is 45.6 Å². The van der Waals surface area contributed by atoms with E-state index in [0.29, 0.717) is 10.9 Å². The molecule has 1 aromatic rings. The first-order valence-electron chi connectivity index (χ1n) is 6.60. The summed E-state index contributed by atoms with van der Waals surface area (Å²) < 4.78 is 0.839. The Kier molecular flexibility index (Phi) is 6.16. The molecule has 1 N–H and O–H groups in total. The van der Waals surface area contributed by atoms with Crippen molar-refractivity contribution in [1.82, 2.24) is 0 Å². The van der Waals surface area contributed by atoms with Gasteiger partial charge in [0.25, 0.3) is 0 Å². The number of rotatable bonds is 6. The van der Waals surface area contributed by atoms with Crippen molar-refractivity contribution in [3.63, 3.8) is 0 Å². The molecular weight excluding hydrogens is 324 g/mol. The number of nitrogens with one attached hydrogen (secondary N) is 1. The third-order valence-electron chi connectivity index (χ3n) is 3.51. The average molecular weight is 344 g/mol. The number of hydrogen-bond acceptors (Lipinski definition) is 2. The van der Waals surface area contributed by atoms with Gasteiger partial charge in [0, 0.05) is 10.2 Å². The van der Waals surface area contributed by atoms with Gasteiger partial charge in [-0.2, -0.15) is 5.26 Å². The first kappa shape index (κ1) is 16.3. The first-order chi connectivity index (χ1) is 8.96. The van der Waals surface area contributed by atoms with Crippen molar-refractivity contribution in [2.75, 3.05) is 5.32 Å². The van der Waals surface area contributed by atoms with Gasteiger partial charge in [-0.3, -0.25) is 0 Å². The third-order valence-corrected chi connectivity index (χ3v) is 4.73. The minimum atomic E-state index is -0.511. The molecule has 104 valence electrons. The van der Waals surface area contributed by atoms with Gasteiger partial charge >= 0.3 is 0 Å². The zero-order valence-corrected chi connectivity index (χ0v) is 14.0. The smallest absolute Gasteiger partial charge is 0.125 e. The normalized spacial score (nSPS) is 15.4. The Morgan fingerprint density at radius 3 is 2.63 bits per heavy atom. The van der Waals surface area contributed by atoms with E-state index in [9.17, 15) is 5.26 Å². The fourth-order valence-corrected chi connectivity index (χ4v) is 2.52. The second-order valence-corrected chi connectivity index (χ2v) is 6.28. The molecule has 1 aromatic carbocycles. The molecule has 2 unspecified atom stereocenters. The number of nitrogens with zero attached hydrogens (tertiary/aromatic N) is 1. The highest BCUT2D eigenvalue weighted by Gasteiger charge is 2.29. The Hall–Kier alpha value is -0.720. The minimum absolute atomic E-state index is 0.511. The molecule has 0 radical (unpaired) electrons. The van der Waals surface area contributed by atoms with E-state index < -0.39 is 5.54 Å². The Bertz CT molecular complexity index is 470. The molecule has 0 amide bonds. The highest BCUT2D eigenvalue weighted by molar-refractivity contribution is 9.10. The summed E-state index contributed by atoms with van der Waals surface area (Å²) in [4.78, 5) is 0. The maximum Gasteiger partial charge on any atom is 0.125 e. The fourth-order valence-electron chi connectivity index (χ4n) is 2.03. The van der Waals surface area contributed by atoms with Crippen LogP contribution in [-0.2, 0) is 0 Å². The molecule has 4 heteroatoms. The lowest BCUT2D eigenvalue weighted by atomic mass is 9.85. The van der Waals surface area contributed by atoms with Crippen molar-refractivity contribution in [2.24, 2.45) is 5.92 Å². The first-order valence-corrected chi connectivity index (χ1v) is 7.78. The molecule has 2 atom stereocenters. The molecule has 0 aromatic heterocycles. The van der Waals surface area contributed by atoms with Gasteiger partial charge in [0.15, 0.2) is 0 Å². The van der Waals surface area contributed by atoms with Crippen LogP contribution < -0.4 is 5.32 Å². The highest BCUT2D eigenvalue weighted by Crippen LogP contribution is 2.30. The van der Waals surface area contributed by atoms with E-state index in [1.807, 2.05) is 25.1 Å². The lowest BCUT2D eigenvalue weighted by molar-refractivity contribution is 0.404. The average Bonchev–Trinajstić information content (AvgIpc) is 2.42. The predicted octanol–water partition coefficient (Wildman–Crippen LogP) is 5.62. The molecule has 0 saturated carbocycles. The molecule has 0 aliphatic carbocycles. The standard InChI is InChI=1S/C15H20BrClN2/c1-4-11(3)9-15(5-2,10-18)19-12-6-7-14(17)13(16)8-12/h6-8,11,19H,4-5,9H2,1-3H3. The molecule has 0 aliphatic rings. The maximum atomic E-state index is 9.56. The molecule has 19 heavy (non-hydrogen) atoms. The van der Waals surface area contributed by atoms with Gasteiger partial charge in [-0.25, -0.2) is 0 Å². The summed E-state index contributed by atoms with van der Waals surface area (Å²) in [6, 6.07) is 8.11. The molecule has 0 heterocycles. The maximum absolute atomic E-state index is 9.56. The molecule has 0 saturated heterocycles. The van der Waals surface area contributed by atoms with Crippen LogP contribution in [-0.4, -0.2) is 5.54 Å². The monoisotopic (exact) mass is 342 g/mol. The van der Waals surface area contributed by atoms with Crippen molar-refractivity contribution in [3.05, 3.63) is 27.7 Å². The van der Waals surface area contributed by atoms with Crippen molar-refractivity contribution < 1.29 is 0 Å². The number of halogens is 2. The van der Waals surface area contributed by atoms with Crippen LogP contribution >= 0.6 is 27.5 Å². The minimum Gasteiger partial charge on any atom is -0.367 e. The largest absolute Gasteiger partial charge is 0.367 e. The van der Waals surface area contributed by atoms with Crippen LogP contribution in [0.25, 0.3) is 0 Å². The van der Waals surface area contributed by atoms with Crippen LogP contribution in [0.2, 0.25) is 5.02 Å². The number of benzene rings is 1. The van der Waals surface area contributed by atoms with E-state index in [0.717, 1.165) is 29.4 Å². The van der Waals surface area contributed by atoms with Crippen LogP contribution in [0.4, 0.5) is 5.69 Å². The van der Waals surface area contributed by atoms with Crippen LogP contribution in [0.3, 0.4) is 0 Å². The zero-order valence-electron chi connectivity index (χ0n) is 11.6. The highest BCUT2D eigenvalue weighted by atomic mass is 79.9. The predicted molar refractivity (Wildman–Crippen MR) is 85.5 cm³/mol. The van der Waals surface area contributed by atoms with Crippen molar-refractivity contribution >= 4 is 33.2 Å². The lowest BCUT2D eigenvalue weighted by Gasteiger charge is -2.30. The van der Waals surface area contributed by atoms with Crippen LogP contribution in [0, 0.1) is 17.2 Å². The summed E-state index contributed by atoms with van der Waals surface area (Å²) in [7, 11) is 0. The summed E-state index contributed by atoms with van der Waals surface area (Å²) >= 11 is 9.39. The molecule has 0 aliphatic heterocycles. The van der Waals surface area contributed by atoms with Crippen LogP contribution in [0.5, 0.6) is 0 Å². The number of anilines is 1. The summed E-state index contributed by atoms with van der Waals surface area (Å²) in [6.07, 6.45) is 2.69. The van der Waals surface area contributed by atoms with Gasteiger partial charge in [-0.15, -0.1) is 0 Å². The Morgan fingerprint density at radius 2 is 2.16 bits per heavy atom. The molecule has 2 nitrogen and oxygen atoms in total. The number of hydrogen-bond donors (Lipinski definition) is 1. The quantitative estimate of drug-likeness (QED) is 0.727. The summed E-state index contributed by atoms with van der Waals surface area (Å²) in [5.74, 6) is 0.517. The van der Waals surface area contributed by atoms with Gasteiger partial charge in [0.05, 0.1) is 11.1 Å². The second kappa shape index (κ2) is 7.17.